The minimum Gasteiger partial charge on any atom is -0.469 e. The predicted molar refractivity (Wildman–Crippen MR) is 81.7 cm³/mol. The van der Waals surface area contributed by atoms with Gasteiger partial charge < -0.3 is 15.0 Å². The fourth-order valence-corrected chi connectivity index (χ4v) is 2.75. The molecule has 1 fully saturated rings. The fourth-order valence-electron chi connectivity index (χ4n) is 2.75. The molecule has 0 amide bonds. The normalized spacial score (nSPS) is 23.3. The van der Waals surface area contributed by atoms with Crippen LogP contribution in [0.4, 0.5) is 0 Å². The summed E-state index contributed by atoms with van der Waals surface area (Å²) in [6.45, 7) is 3.93. The van der Waals surface area contributed by atoms with Crippen LogP contribution < -0.4 is 5.32 Å². The van der Waals surface area contributed by atoms with Crippen LogP contribution in [0.1, 0.15) is 39.0 Å². The molecule has 116 valence electrons. The summed E-state index contributed by atoms with van der Waals surface area (Å²) in [7, 11) is 5.25. The molecular formula is C15H29N3O2. The van der Waals surface area contributed by atoms with Gasteiger partial charge in [0, 0.05) is 27.2 Å². The van der Waals surface area contributed by atoms with Crippen LogP contribution in [0.2, 0.25) is 0 Å². The molecular weight excluding hydrogens is 254 g/mol. The minimum atomic E-state index is -0.197. The number of hydrogen-bond donors (Lipinski definition) is 1. The zero-order valence-electron chi connectivity index (χ0n) is 13.3. The molecule has 20 heavy (non-hydrogen) atoms. The number of esters is 1. The van der Waals surface area contributed by atoms with Crippen LogP contribution in [0, 0.1) is 11.8 Å². The van der Waals surface area contributed by atoms with Crippen molar-refractivity contribution in [2.24, 2.45) is 16.8 Å². The number of aliphatic imine (C=N–C) groups is 1. The highest BCUT2D eigenvalue weighted by Gasteiger charge is 2.20. The summed E-state index contributed by atoms with van der Waals surface area (Å²) in [6, 6.07) is 0. The highest BCUT2D eigenvalue weighted by molar-refractivity contribution is 5.80. The molecule has 1 N–H and O–H groups in total. The lowest BCUT2D eigenvalue weighted by Crippen LogP contribution is -2.42. The quantitative estimate of drug-likeness (QED) is 0.475. The van der Waals surface area contributed by atoms with Gasteiger partial charge in [-0.25, -0.2) is 0 Å². The second kappa shape index (κ2) is 8.82. The summed E-state index contributed by atoms with van der Waals surface area (Å²) >= 11 is 0. The van der Waals surface area contributed by atoms with Crippen LogP contribution in [-0.4, -0.2) is 51.1 Å². The maximum absolute atomic E-state index is 11.1. The van der Waals surface area contributed by atoms with E-state index in [1.807, 2.05) is 0 Å². The van der Waals surface area contributed by atoms with Crippen molar-refractivity contribution in [3.63, 3.8) is 0 Å². The van der Waals surface area contributed by atoms with E-state index < -0.39 is 0 Å². The summed E-state index contributed by atoms with van der Waals surface area (Å²) < 4.78 is 4.63. The fraction of sp³-hybridized carbons (Fsp3) is 0.867. The van der Waals surface area contributed by atoms with E-state index in [4.69, 9.17) is 0 Å². The van der Waals surface area contributed by atoms with Crippen molar-refractivity contribution in [1.29, 1.82) is 0 Å². The van der Waals surface area contributed by atoms with Crippen molar-refractivity contribution in [2.45, 2.75) is 39.0 Å². The average Bonchev–Trinajstić information content (AvgIpc) is 2.45. The second-order valence-electron chi connectivity index (χ2n) is 5.81. The van der Waals surface area contributed by atoms with Crippen LogP contribution in [-0.2, 0) is 9.53 Å². The van der Waals surface area contributed by atoms with Gasteiger partial charge >= 0.3 is 5.97 Å². The van der Waals surface area contributed by atoms with Crippen molar-refractivity contribution in [1.82, 2.24) is 10.2 Å². The molecule has 0 unspecified atom stereocenters. The molecule has 5 heteroatoms. The van der Waals surface area contributed by atoms with E-state index in [2.05, 4.69) is 33.9 Å². The number of carbonyl (C=O) groups is 1. The molecule has 0 radical (unpaired) electrons. The molecule has 0 heterocycles. The van der Waals surface area contributed by atoms with Gasteiger partial charge in [-0.3, -0.25) is 9.79 Å². The lowest BCUT2D eigenvalue weighted by atomic mass is 9.83. The Morgan fingerprint density at radius 1 is 1.35 bits per heavy atom. The third kappa shape index (κ3) is 5.80. The summed E-state index contributed by atoms with van der Waals surface area (Å²) in [5.74, 6) is 2.30. The van der Waals surface area contributed by atoms with Crippen LogP contribution in [0.25, 0.3) is 0 Å². The molecule has 1 aliphatic carbocycles. The number of hydrogen-bond acceptors (Lipinski definition) is 3. The number of nitrogens with one attached hydrogen (secondary N) is 1. The molecule has 0 spiro atoms. The van der Waals surface area contributed by atoms with Crippen LogP contribution in [0.15, 0.2) is 4.99 Å². The maximum Gasteiger partial charge on any atom is 0.307 e. The number of ether oxygens (including phenoxy) is 1. The van der Waals surface area contributed by atoms with Gasteiger partial charge in [-0.2, -0.15) is 0 Å². The molecule has 0 bridgehead atoms. The molecule has 0 aliphatic heterocycles. The topological polar surface area (TPSA) is 53.9 Å². The number of guanidine groups is 1. The Bertz CT molecular complexity index is 323. The highest BCUT2D eigenvalue weighted by atomic mass is 16.5. The van der Waals surface area contributed by atoms with E-state index in [1.165, 1.54) is 32.8 Å². The molecule has 1 aliphatic rings. The van der Waals surface area contributed by atoms with Gasteiger partial charge in [-0.1, -0.05) is 19.8 Å². The van der Waals surface area contributed by atoms with Gasteiger partial charge in [0.1, 0.15) is 0 Å². The second-order valence-corrected chi connectivity index (χ2v) is 5.81. The van der Waals surface area contributed by atoms with Crippen molar-refractivity contribution in [2.75, 3.05) is 34.3 Å². The van der Waals surface area contributed by atoms with E-state index in [-0.39, 0.29) is 5.97 Å². The van der Waals surface area contributed by atoms with E-state index in [1.54, 1.807) is 7.05 Å². The third-order valence-corrected chi connectivity index (χ3v) is 4.08. The molecule has 1 rings (SSSR count). The van der Waals surface area contributed by atoms with Gasteiger partial charge in [-0.05, 0) is 24.7 Å². The van der Waals surface area contributed by atoms with E-state index in [9.17, 15) is 4.79 Å². The van der Waals surface area contributed by atoms with Gasteiger partial charge in [0.15, 0.2) is 5.96 Å². The number of rotatable bonds is 5. The summed E-state index contributed by atoms with van der Waals surface area (Å²) in [5, 5.41) is 3.21. The van der Waals surface area contributed by atoms with Crippen LogP contribution in [0.3, 0.4) is 0 Å². The van der Waals surface area contributed by atoms with Gasteiger partial charge in [-0.15, -0.1) is 0 Å². The first-order valence-electron chi connectivity index (χ1n) is 7.55. The Morgan fingerprint density at radius 2 is 2.00 bits per heavy atom. The summed E-state index contributed by atoms with van der Waals surface area (Å²) in [4.78, 5) is 17.5. The highest BCUT2D eigenvalue weighted by Crippen LogP contribution is 2.28. The molecule has 0 atom stereocenters. The number of nitrogens with zero attached hydrogens (tertiary/aromatic N) is 2. The Morgan fingerprint density at radius 3 is 2.55 bits per heavy atom. The average molecular weight is 283 g/mol. The Balaban J connectivity index is 2.31. The molecule has 5 nitrogen and oxygen atoms in total. The lowest BCUT2D eigenvalue weighted by Gasteiger charge is -2.31. The molecule has 1 saturated carbocycles. The van der Waals surface area contributed by atoms with E-state index in [0.29, 0.717) is 13.0 Å². The number of carbonyl (C=O) groups excluding carboxylic acids is 1. The molecule has 0 saturated heterocycles. The van der Waals surface area contributed by atoms with Gasteiger partial charge in [0.2, 0.25) is 0 Å². The predicted octanol–water partition coefficient (Wildman–Crippen LogP) is 1.88. The largest absolute Gasteiger partial charge is 0.469 e. The van der Waals surface area contributed by atoms with Crippen LogP contribution >= 0.6 is 0 Å². The maximum atomic E-state index is 11.1. The summed E-state index contributed by atoms with van der Waals surface area (Å²) in [6.07, 6.45) is 5.67. The molecule has 0 aromatic carbocycles. The standard InChI is InChI=1S/C15H29N3O2/c1-12-5-7-13(8-6-12)11-18(3)15(16-2)17-10-9-14(19)20-4/h12-13H,5-11H2,1-4H3,(H,16,17). The van der Waals surface area contributed by atoms with Crippen LogP contribution in [0.5, 0.6) is 0 Å². The van der Waals surface area contributed by atoms with E-state index >= 15 is 0 Å². The van der Waals surface area contributed by atoms with Gasteiger partial charge in [0.05, 0.1) is 13.5 Å². The van der Waals surface area contributed by atoms with Crippen molar-refractivity contribution in [3.05, 3.63) is 0 Å². The molecule has 0 aromatic heterocycles. The lowest BCUT2D eigenvalue weighted by molar-refractivity contribution is -0.140. The Hall–Kier alpha value is -1.26. The third-order valence-electron chi connectivity index (χ3n) is 4.08. The zero-order chi connectivity index (χ0) is 15.0. The molecule has 0 aromatic rings. The first kappa shape index (κ1) is 16.8. The summed E-state index contributed by atoms with van der Waals surface area (Å²) in [5.41, 5.74) is 0. The SMILES string of the molecule is CN=C(NCCC(=O)OC)N(C)CC1CCC(C)CC1. The number of methoxy groups -OCH3 is 1. The first-order chi connectivity index (χ1) is 9.56. The first-order valence-corrected chi connectivity index (χ1v) is 7.55. The smallest absolute Gasteiger partial charge is 0.307 e. The minimum absolute atomic E-state index is 0.197. The van der Waals surface area contributed by atoms with Gasteiger partial charge in [0.25, 0.3) is 0 Å². The Labute approximate surface area is 122 Å². The Kier molecular flexibility index (Phi) is 7.41. The van der Waals surface area contributed by atoms with E-state index in [0.717, 1.165) is 24.3 Å². The van der Waals surface area contributed by atoms with Crippen molar-refractivity contribution in [3.8, 4) is 0 Å². The monoisotopic (exact) mass is 283 g/mol. The van der Waals surface area contributed by atoms with Crippen molar-refractivity contribution < 1.29 is 9.53 Å². The zero-order valence-corrected chi connectivity index (χ0v) is 13.3. The van der Waals surface area contributed by atoms with Crippen molar-refractivity contribution >= 4 is 11.9 Å².